The van der Waals surface area contributed by atoms with E-state index in [0.29, 0.717) is 11.1 Å². The molecule has 3 nitrogen and oxygen atoms in total. The van der Waals surface area contributed by atoms with E-state index in [1.807, 2.05) is 12.1 Å². The molecule has 0 saturated carbocycles. The summed E-state index contributed by atoms with van der Waals surface area (Å²) in [6, 6.07) is 5.79. The second kappa shape index (κ2) is 5.25. The fourth-order valence-corrected chi connectivity index (χ4v) is 2.28. The number of nitrogens with zero attached hydrogens (tertiary/aromatic N) is 1. The smallest absolute Gasteiger partial charge is 0.134 e. The van der Waals surface area contributed by atoms with Gasteiger partial charge in [-0.2, -0.15) is 0 Å². The Morgan fingerprint density at radius 3 is 2.94 bits per heavy atom. The quantitative estimate of drug-likeness (QED) is 0.882. The standard InChI is InChI=1S/C13H18ClNO2/c1-9-8-17-10(2)6-15(9)7-11-3-4-13(16)12(14)5-11/h3-5,9-10,16H,6-8H2,1-2H3. The summed E-state index contributed by atoms with van der Waals surface area (Å²) in [5.41, 5.74) is 1.12. The van der Waals surface area contributed by atoms with Gasteiger partial charge >= 0.3 is 0 Å². The van der Waals surface area contributed by atoms with Gasteiger partial charge in [0.05, 0.1) is 17.7 Å². The third kappa shape index (κ3) is 3.12. The fraction of sp³-hybridized carbons (Fsp3) is 0.538. The molecule has 0 radical (unpaired) electrons. The number of rotatable bonds is 2. The number of aromatic hydroxyl groups is 1. The van der Waals surface area contributed by atoms with Crippen molar-refractivity contribution in [3.05, 3.63) is 28.8 Å². The van der Waals surface area contributed by atoms with Gasteiger partial charge in [-0.15, -0.1) is 0 Å². The molecule has 2 unspecified atom stereocenters. The lowest BCUT2D eigenvalue weighted by atomic mass is 10.1. The molecule has 1 saturated heterocycles. The van der Waals surface area contributed by atoms with Crippen molar-refractivity contribution in [1.29, 1.82) is 0 Å². The zero-order chi connectivity index (χ0) is 12.4. The van der Waals surface area contributed by atoms with Crippen LogP contribution in [0, 0.1) is 0 Å². The molecule has 2 rings (SSSR count). The van der Waals surface area contributed by atoms with Crippen molar-refractivity contribution in [2.75, 3.05) is 13.2 Å². The molecule has 0 aliphatic carbocycles. The SMILES string of the molecule is CC1CN(Cc2ccc(O)c(Cl)c2)C(C)CO1. The molecule has 1 fully saturated rings. The van der Waals surface area contributed by atoms with Crippen molar-refractivity contribution in [2.45, 2.75) is 32.5 Å². The van der Waals surface area contributed by atoms with Crippen LogP contribution in [0.15, 0.2) is 18.2 Å². The van der Waals surface area contributed by atoms with E-state index < -0.39 is 0 Å². The summed E-state index contributed by atoms with van der Waals surface area (Å²) < 4.78 is 5.59. The van der Waals surface area contributed by atoms with Gasteiger partial charge in [-0.3, -0.25) is 4.90 Å². The molecule has 1 aliphatic rings. The maximum absolute atomic E-state index is 9.38. The molecule has 1 N–H and O–H groups in total. The zero-order valence-corrected chi connectivity index (χ0v) is 10.9. The average Bonchev–Trinajstić information content (AvgIpc) is 2.29. The molecule has 1 aromatic carbocycles. The van der Waals surface area contributed by atoms with Crippen LogP contribution in [0.2, 0.25) is 5.02 Å². The summed E-state index contributed by atoms with van der Waals surface area (Å²) in [6.45, 7) is 6.79. The van der Waals surface area contributed by atoms with Crippen LogP contribution in [0.3, 0.4) is 0 Å². The van der Waals surface area contributed by atoms with E-state index in [2.05, 4.69) is 18.7 Å². The zero-order valence-electron chi connectivity index (χ0n) is 10.2. The lowest BCUT2D eigenvalue weighted by molar-refractivity contribution is -0.0526. The highest BCUT2D eigenvalue weighted by molar-refractivity contribution is 6.32. The number of ether oxygens (including phenoxy) is 1. The highest BCUT2D eigenvalue weighted by Crippen LogP contribution is 2.25. The van der Waals surface area contributed by atoms with Crippen LogP contribution in [0.1, 0.15) is 19.4 Å². The first kappa shape index (κ1) is 12.7. The van der Waals surface area contributed by atoms with Crippen LogP contribution >= 0.6 is 11.6 Å². The Morgan fingerprint density at radius 2 is 2.24 bits per heavy atom. The minimum absolute atomic E-state index is 0.138. The van der Waals surface area contributed by atoms with Crippen molar-refractivity contribution in [3.8, 4) is 5.75 Å². The van der Waals surface area contributed by atoms with Gasteiger partial charge in [-0.1, -0.05) is 17.7 Å². The molecule has 0 amide bonds. The van der Waals surface area contributed by atoms with E-state index in [1.54, 1.807) is 6.07 Å². The van der Waals surface area contributed by atoms with Crippen molar-refractivity contribution in [1.82, 2.24) is 4.90 Å². The monoisotopic (exact) mass is 255 g/mol. The first-order valence-electron chi connectivity index (χ1n) is 5.89. The second-order valence-corrected chi connectivity index (χ2v) is 5.12. The predicted molar refractivity (Wildman–Crippen MR) is 68.4 cm³/mol. The van der Waals surface area contributed by atoms with E-state index in [1.165, 1.54) is 0 Å². The predicted octanol–water partition coefficient (Wildman–Crippen LogP) is 2.65. The Labute approximate surface area is 107 Å². The highest BCUT2D eigenvalue weighted by Gasteiger charge is 2.23. The molecule has 1 aromatic rings. The summed E-state index contributed by atoms with van der Waals surface area (Å²) in [4.78, 5) is 2.37. The molecule has 0 bridgehead atoms. The van der Waals surface area contributed by atoms with E-state index in [9.17, 15) is 5.11 Å². The molecule has 0 spiro atoms. The van der Waals surface area contributed by atoms with Gasteiger partial charge < -0.3 is 9.84 Å². The largest absolute Gasteiger partial charge is 0.506 e. The van der Waals surface area contributed by atoms with Crippen LogP contribution in [0.25, 0.3) is 0 Å². The second-order valence-electron chi connectivity index (χ2n) is 4.71. The number of benzene rings is 1. The molecular weight excluding hydrogens is 238 g/mol. The van der Waals surface area contributed by atoms with Crippen molar-refractivity contribution in [2.24, 2.45) is 0 Å². The van der Waals surface area contributed by atoms with Crippen molar-refractivity contribution >= 4 is 11.6 Å². The Morgan fingerprint density at radius 1 is 1.47 bits per heavy atom. The van der Waals surface area contributed by atoms with E-state index in [0.717, 1.165) is 25.3 Å². The normalized spacial score (nSPS) is 26.1. The Bertz CT molecular complexity index is 397. The average molecular weight is 256 g/mol. The van der Waals surface area contributed by atoms with Gasteiger partial charge in [-0.05, 0) is 31.5 Å². The van der Waals surface area contributed by atoms with Crippen LogP contribution in [-0.2, 0) is 11.3 Å². The summed E-state index contributed by atoms with van der Waals surface area (Å²) >= 11 is 5.90. The maximum Gasteiger partial charge on any atom is 0.134 e. The van der Waals surface area contributed by atoms with Crippen LogP contribution in [0.5, 0.6) is 5.75 Å². The van der Waals surface area contributed by atoms with Gasteiger partial charge in [0.25, 0.3) is 0 Å². The maximum atomic E-state index is 9.38. The number of halogens is 1. The highest BCUT2D eigenvalue weighted by atomic mass is 35.5. The number of phenolic OH excluding ortho intramolecular Hbond substituents is 1. The Balaban J connectivity index is 2.06. The Kier molecular flexibility index (Phi) is 3.92. The van der Waals surface area contributed by atoms with Crippen molar-refractivity contribution < 1.29 is 9.84 Å². The molecular formula is C13H18ClNO2. The molecule has 2 atom stereocenters. The molecule has 0 aromatic heterocycles. The van der Waals surface area contributed by atoms with E-state index in [4.69, 9.17) is 16.3 Å². The first-order valence-corrected chi connectivity index (χ1v) is 6.27. The van der Waals surface area contributed by atoms with Gasteiger partial charge in [0.1, 0.15) is 5.75 Å². The summed E-state index contributed by atoms with van der Waals surface area (Å²) in [5, 5.41) is 9.79. The molecule has 1 heterocycles. The first-order chi connectivity index (χ1) is 8.06. The van der Waals surface area contributed by atoms with Gasteiger partial charge in [-0.25, -0.2) is 0 Å². The lowest BCUT2D eigenvalue weighted by Gasteiger charge is -2.36. The van der Waals surface area contributed by atoms with Gasteiger partial charge in [0, 0.05) is 19.1 Å². The summed E-state index contributed by atoms with van der Waals surface area (Å²) in [7, 11) is 0. The number of hydrogen-bond acceptors (Lipinski definition) is 3. The number of hydrogen-bond donors (Lipinski definition) is 1. The van der Waals surface area contributed by atoms with Gasteiger partial charge in [0.15, 0.2) is 0 Å². The number of morpholine rings is 1. The van der Waals surface area contributed by atoms with Crippen LogP contribution in [0.4, 0.5) is 0 Å². The van der Waals surface area contributed by atoms with Gasteiger partial charge in [0.2, 0.25) is 0 Å². The van der Waals surface area contributed by atoms with Crippen molar-refractivity contribution in [3.63, 3.8) is 0 Å². The molecule has 94 valence electrons. The topological polar surface area (TPSA) is 32.7 Å². The third-order valence-electron chi connectivity index (χ3n) is 3.13. The van der Waals surface area contributed by atoms with E-state index in [-0.39, 0.29) is 11.9 Å². The minimum atomic E-state index is 0.138. The van der Waals surface area contributed by atoms with Crippen LogP contribution < -0.4 is 0 Å². The lowest BCUT2D eigenvalue weighted by Crippen LogP contribution is -2.46. The molecule has 4 heteroatoms. The fourth-order valence-electron chi connectivity index (χ4n) is 2.08. The third-order valence-corrected chi connectivity index (χ3v) is 3.44. The molecule has 1 aliphatic heterocycles. The summed E-state index contributed by atoms with van der Waals surface area (Å²) in [6.07, 6.45) is 0.277. The van der Waals surface area contributed by atoms with E-state index >= 15 is 0 Å². The molecule has 17 heavy (non-hydrogen) atoms. The summed E-state index contributed by atoms with van der Waals surface area (Å²) in [5.74, 6) is 0.138. The number of phenols is 1. The Hall–Kier alpha value is -0.770. The minimum Gasteiger partial charge on any atom is -0.506 e. The van der Waals surface area contributed by atoms with Crippen LogP contribution in [-0.4, -0.2) is 35.3 Å².